The molecule has 1 aliphatic rings. The van der Waals surface area contributed by atoms with E-state index in [1.165, 1.54) is 18.2 Å². The molecular weight excluding hydrogens is 383 g/mol. The summed E-state index contributed by atoms with van der Waals surface area (Å²) in [4.78, 5) is 11.7. The van der Waals surface area contributed by atoms with Crippen molar-refractivity contribution in [2.75, 3.05) is 5.75 Å². The Hall–Kier alpha value is -2.49. The van der Waals surface area contributed by atoms with Crippen molar-refractivity contribution in [2.45, 2.75) is 17.1 Å². The molecule has 1 aliphatic heterocycles. The van der Waals surface area contributed by atoms with Crippen molar-refractivity contribution < 1.29 is 31.8 Å². The van der Waals surface area contributed by atoms with Gasteiger partial charge in [0.2, 0.25) is 5.91 Å². The fourth-order valence-corrected chi connectivity index (χ4v) is 4.56. The summed E-state index contributed by atoms with van der Waals surface area (Å²) in [6.07, 6.45) is -3.35. The zero-order valence-corrected chi connectivity index (χ0v) is 14.7. The minimum Gasteiger partial charge on any atom is -0.457 e. The number of rotatable bonds is 4. The Morgan fingerprint density at radius 1 is 1.19 bits per heavy atom. The number of nitrogens with one attached hydrogen (secondary N) is 1. The number of amides is 1. The molecule has 27 heavy (non-hydrogen) atoms. The first-order valence-electron chi connectivity index (χ1n) is 7.78. The highest BCUT2D eigenvalue weighted by Crippen LogP contribution is 2.59. The molecule has 1 heterocycles. The van der Waals surface area contributed by atoms with E-state index in [1.54, 1.807) is 12.1 Å². The predicted molar refractivity (Wildman–Crippen MR) is 95.0 cm³/mol. The lowest BCUT2D eigenvalue weighted by Crippen LogP contribution is -2.27. The van der Waals surface area contributed by atoms with Crippen LogP contribution in [0.3, 0.4) is 0 Å². The lowest BCUT2D eigenvalue weighted by Gasteiger charge is -2.27. The van der Waals surface area contributed by atoms with Gasteiger partial charge >= 0.3 is 6.18 Å². The fraction of sp³-hybridized carbons (Fsp3) is 0.167. The van der Waals surface area contributed by atoms with Crippen molar-refractivity contribution >= 4 is 16.5 Å². The first-order valence-corrected chi connectivity index (χ1v) is 9.50. The molecule has 3 N–H and O–H groups in total. The van der Waals surface area contributed by atoms with Crippen LogP contribution in [0, 0.1) is 0 Å². The standard InChI is InChI=1S/C18H16F3NO4S/c1-2-17(23)22-15-10-27(24,25)16-9-13(7-8-14(15)16)26-12-5-3-11(4-6-12)18(19,20)21/h2-9,15,24-25H,1,10H2,(H,22,23). The number of carbonyl (C=O) groups is 1. The molecule has 1 amide bonds. The molecule has 2 aromatic carbocycles. The number of hydrogen-bond donors (Lipinski definition) is 3. The van der Waals surface area contributed by atoms with E-state index >= 15 is 0 Å². The van der Waals surface area contributed by atoms with Gasteiger partial charge in [-0.25, -0.2) is 0 Å². The average molecular weight is 399 g/mol. The summed E-state index contributed by atoms with van der Waals surface area (Å²) in [5, 5.41) is 2.63. The molecule has 2 aromatic rings. The van der Waals surface area contributed by atoms with Gasteiger partial charge in [0, 0.05) is 6.07 Å². The maximum Gasteiger partial charge on any atom is 0.416 e. The highest BCUT2D eigenvalue weighted by atomic mass is 32.3. The second-order valence-electron chi connectivity index (χ2n) is 5.92. The summed E-state index contributed by atoms with van der Waals surface area (Å²) in [7, 11) is -3.13. The zero-order chi connectivity index (χ0) is 19.8. The molecule has 1 unspecified atom stereocenters. The number of carbonyl (C=O) groups excluding carboxylic acids is 1. The van der Waals surface area contributed by atoms with Crippen LogP contribution >= 0.6 is 10.6 Å². The molecular formula is C18H16F3NO4S. The Labute approximate surface area is 154 Å². The van der Waals surface area contributed by atoms with Crippen molar-refractivity contribution in [1.29, 1.82) is 0 Å². The summed E-state index contributed by atoms with van der Waals surface area (Å²) in [5.41, 5.74) is -0.247. The van der Waals surface area contributed by atoms with Crippen LogP contribution < -0.4 is 10.1 Å². The number of ether oxygens (including phenoxy) is 1. The van der Waals surface area contributed by atoms with Gasteiger partial charge in [-0.3, -0.25) is 13.9 Å². The van der Waals surface area contributed by atoms with Crippen LogP contribution in [0.5, 0.6) is 11.5 Å². The van der Waals surface area contributed by atoms with E-state index in [0.717, 1.165) is 18.2 Å². The third-order valence-electron chi connectivity index (χ3n) is 4.03. The van der Waals surface area contributed by atoms with Gasteiger partial charge in [-0.2, -0.15) is 23.8 Å². The normalized spacial score (nSPS) is 19.1. The lowest BCUT2D eigenvalue weighted by atomic mass is 10.1. The van der Waals surface area contributed by atoms with Gasteiger partial charge in [0.25, 0.3) is 0 Å². The molecule has 0 bridgehead atoms. The van der Waals surface area contributed by atoms with E-state index in [1.807, 2.05) is 0 Å². The maximum absolute atomic E-state index is 12.6. The summed E-state index contributed by atoms with van der Waals surface area (Å²) in [6, 6.07) is 8.14. The first-order chi connectivity index (χ1) is 12.6. The Bertz CT molecular complexity index is 881. The molecule has 1 atom stereocenters. The Balaban J connectivity index is 1.83. The molecule has 0 fully saturated rings. The monoisotopic (exact) mass is 399 g/mol. The van der Waals surface area contributed by atoms with Crippen LogP contribution in [-0.4, -0.2) is 20.8 Å². The summed E-state index contributed by atoms with van der Waals surface area (Å²) >= 11 is 0. The van der Waals surface area contributed by atoms with Crippen LogP contribution in [0.2, 0.25) is 0 Å². The molecule has 0 saturated carbocycles. The quantitative estimate of drug-likeness (QED) is 0.635. The highest BCUT2D eigenvalue weighted by molar-refractivity contribution is 8.24. The molecule has 0 radical (unpaired) electrons. The molecule has 5 nitrogen and oxygen atoms in total. The van der Waals surface area contributed by atoms with E-state index in [0.29, 0.717) is 5.56 Å². The summed E-state index contributed by atoms with van der Waals surface area (Å²) in [5.74, 6) is -0.0858. The van der Waals surface area contributed by atoms with Gasteiger partial charge in [0.15, 0.2) is 0 Å². The lowest BCUT2D eigenvalue weighted by molar-refractivity contribution is -0.137. The van der Waals surface area contributed by atoms with Crippen LogP contribution in [0.1, 0.15) is 17.2 Å². The van der Waals surface area contributed by atoms with Crippen molar-refractivity contribution in [1.82, 2.24) is 5.32 Å². The van der Waals surface area contributed by atoms with Gasteiger partial charge < -0.3 is 10.1 Å². The van der Waals surface area contributed by atoms with E-state index in [-0.39, 0.29) is 22.1 Å². The zero-order valence-electron chi connectivity index (χ0n) is 13.9. The molecule has 9 heteroatoms. The van der Waals surface area contributed by atoms with E-state index < -0.39 is 34.3 Å². The summed E-state index contributed by atoms with van der Waals surface area (Å²) in [6.45, 7) is 3.36. The molecule has 0 aliphatic carbocycles. The van der Waals surface area contributed by atoms with Gasteiger partial charge in [0.05, 0.1) is 22.3 Å². The number of fused-ring (bicyclic) bond motifs is 1. The second kappa shape index (κ2) is 6.91. The van der Waals surface area contributed by atoms with Crippen LogP contribution in [0.15, 0.2) is 60.0 Å². The topological polar surface area (TPSA) is 78.8 Å². The van der Waals surface area contributed by atoms with Crippen molar-refractivity contribution in [3.8, 4) is 11.5 Å². The van der Waals surface area contributed by atoms with Crippen molar-refractivity contribution in [3.63, 3.8) is 0 Å². The first kappa shape index (κ1) is 19.3. The van der Waals surface area contributed by atoms with Crippen LogP contribution in [-0.2, 0) is 11.0 Å². The second-order valence-corrected chi connectivity index (χ2v) is 8.03. The average Bonchev–Trinajstić information content (AvgIpc) is 2.84. The molecule has 3 rings (SSSR count). The van der Waals surface area contributed by atoms with Crippen LogP contribution in [0.4, 0.5) is 13.2 Å². The SMILES string of the molecule is C=CC(=O)NC1CS(O)(O)c2cc(Oc3ccc(C(F)(F)F)cc3)ccc21. The minimum atomic E-state index is -4.44. The Kier molecular flexibility index (Phi) is 4.94. The largest absolute Gasteiger partial charge is 0.457 e. The third-order valence-corrected chi connectivity index (χ3v) is 5.89. The number of benzene rings is 2. The number of alkyl halides is 3. The minimum absolute atomic E-state index is 0.0638. The molecule has 0 saturated heterocycles. The molecule has 144 valence electrons. The number of hydrogen-bond acceptors (Lipinski definition) is 4. The molecule has 0 aromatic heterocycles. The molecule has 0 spiro atoms. The van der Waals surface area contributed by atoms with E-state index in [4.69, 9.17) is 4.74 Å². The van der Waals surface area contributed by atoms with Crippen LogP contribution in [0.25, 0.3) is 0 Å². The van der Waals surface area contributed by atoms with Crippen molar-refractivity contribution in [3.05, 3.63) is 66.2 Å². The van der Waals surface area contributed by atoms with Gasteiger partial charge in [-0.15, -0.1) is 0 Å². The Morgan fingerprint density at radius 2 is 1.81 bits per heavy atom. The summed E-state index contributed by atoms with van der Waals surface area (Å²) < 4.78 is 63.9. The van der Waals surface area contributed by atoms with E-state index in [2.05, 4.69) is 11.9 Å². The smallest absolute Gasteiger partial charge is 0.416 e. The van der Waals surface area contributed by atoms with Crippen molar-refractivity contribution in [2.24, 2.45) is 0 Å². The fourth-order valence-electron chi connectivity index (χ4n) is 2.76. The van der Waals surface area contributed by atoms with E-state index in [9.17, 15) is 27.1 Å². The highest BCUT2D eigenvalue weighted by Gasteiger charge is 2.36. The number of halogens is 3. The third kappa shape index (κ3) is 4.10. The van der Waals surface area contributed by atoms with Gasteiger partial charge in [-0.1, -0.05) is 12.6 Å². The predicted octanol–water partition coefficient (Wildman–Crippen LogP) is 4.96. The maximum atomic E-state index is 12.6. The van der Waals surface area contributed by atoms with Gasteiger partial charge in [0.1, 0.15) is 11.5 Å². The van der Waals surface area contributed by atoms with Gasteiger partial charge in [-0.05, 0) is 42.0 Å². The Morgan fingerprint density at radius 3 is 2.41 bits per heavy atom.